The van der Waals surface area contributed by atoms with Gasteiger partial charge in [0.05, 0.1) is 5.69 Å². The van der Waals surface area contributed by atoms with Crippen LogP contribution in [0.3, 0.4) is 0 Å². The summed E-state index contributed by atoms with van der Waals surface area (Å²) in [6, 6.07) is 25.2. The number of hydrogen-bond donors (Lipinski definition) is 1. The minimum Gasteiger partial charge on any atom is -0.347 e. The number of likely N-dealkylation sites (tertiary alicyclic amines) is 1. The number of fused-ring (bicyclic) bond motifs is 1. The van der Waals surface area contributed by atoms with Gasteiger partial charge in [-0.15, -0.1) is 0 Å². The minimum atomic E-state index is -0.300. The fourth-order valence-electron chi connectivity index (χ4n) is 5.64. The third-order valence-electron chi connectivity index (χ3n) is 7.66. The standard InChI is InChI=1S/C32H32ClN5O2/c33-25-12-8-14-27(20-25)38-30-28(29(35-38)31(39)34-21-23-9-3-1-4-10-23)15-18-37(32(30)40)26-13-7-11-24(19-26)22-36-16-5-2-6-17-36/h1,3-4,7-14,19-20H,2,5-6,15-18,21-22H2,(H,34,39). The smallest absolute Gasteiger partial charge is 0.277 e. The molecule has 0 spiro atoms. The normalized spacial score (nSPS) is 15.6. The van der Waals surface area contributed by atoms with Crippen LogP contribution in [0.1, 0.15) is 56.9 Å². The fraction of sp³-hybridized carbons (Fsp3) is 0.281. The highest BCUT2D eigenvalue weighted by molar-refractivity contribution is 6.30. The molecule has 2 aliphatic rings. The Labute approximate surface area is 239 Å². The quantitative estimate of drug-likeness (QED) is 0.321. The molecule has 0 radical (unpaired) electrons. The average molecular weight is 554 g/mol. The van der Waals surface area contributed by atoms with Crippen LogP contribution in [0.25, 0.3) is 5.69 Å². The highest BCUT2D eigenvalue weighted by atomic mass is 35.5. The number of nitrogens with zero attached hydrogens (tertiary/aromatic N) is 4. The van der Waals surface area contributed by atoms with Gasteiger partial charge in [-0.1, -0.05) is 66.6 Å². The summed E-state index contributed by atoms with van der Waals surface area (Å²) in [7, 11) is 0. The summed E-state index contributed by atoms with van der Waals surface area (Å²) in [4.78, 5) is 31.7. The molecule has 6 rings (SSSR count). The number of rotatable bonds is 7. The first-order valence-electron chi connectivity index (χ1n) is 13.9. The number of aromatic nitrogens is 2. The van der Waals surface area contributed by atoms with Gasteiger partial charge in [0, 0.05) is 35.9 Å². The molecule has 3 heterocycles. The molecule has 0 saturated carbocycles. The van der Waals surface area contributed by atoms with E-state index in [1.807, 2.05) is 54.6 Å². The Bertz CT molecular complexity index is 1530. The van der Waals surface area contributed by atoms with Gasteiger partial charge >= 0.3 is 0 Å². The van der Waals surface area contributed by atoms with E-state index in [-0.39, 0.29) is 17.5 Å². The fourth-order valence-corrected chi connectivity index (χ4v) is 5.83. The van der Waals surface area contributed by atoms with Gasteiger partial charge in [0.25, 0.3) is 11.8 Å². The summed E-state index contributed by atoms with van der Waals surface area (Å²) in [5.74, 6) is -0.475. The third kappa shape index (κ3) is 5.53. The van der Waals surface area contributed by atoms with Gasteiger partial charge in [0.15, 0.2) is 5.69 Å². The molecule has 0 unspecified atom stereocenters. The van der Waals surface area contributed by atoms with Crippen LogP contribution >= 0.6 is 11.6 Å². The molecule has 204 valence electrons. The Morgan fingerprint density at radius 1 is 0.850 bits per heavy atom. The summed E-state index contributed by atoms with van der Waals surface area (Å²) >= 11 is 6.30. The minimum absolute atomic E-state index is 0.175. The second-order valence-corrected chi connectivity index (χ2v) is 10.9. The van der Waals surface area contributed by atoms with Crippen molar-refractivity contribution in [2.75, 3.05) is 24.5 Å². The molecule has 1 saturated heterocycles. The number of halogens is 1. The van der Waals surface area contributed by atoms with E-state index < -0.39 is 0 Å². The Kier molecular flexibility index (Phi) is 7.66. The Morgan fingerprint density at radius 3 is 2.40 bits per heavy atom. The van der Waals surface area contributed by atoms with Crippen molar-refractivity contribution in [3.05, 3.63) is 112 Å². The van der Waals surface area contributed by atoms with Crippen molar-refractivity contribution < 1.29 is 9.59 Å². The molecule has 0 atom stereocenters. The zero-order valence-electron chi connectivity index (χ0n) is 22.4. The summed E-state index contributed by atoms with van der Waals surface area (Å²) in [5, 5.41) is 8.19. The van der Waals surface area contributed by atoms with Crippen molar-refractivity contribution in [3.8, 4) is 5.69 Å². The van der Waals surface area contributed by atoms with Crippen molar-refractivity contribution in [1.29, 1.82) is 0 Å². The predicted molar refractivity (Wildman–Crippen MR) is 157 cm³/mol. The Balaban J connectivity index is 1.32. The van der Waals surface area contributed by atoms with Crippen molar-refractivity contribution >= 4 is 29.1 Å². The molecule has 0 aliphatic carbocycles. The number of carbonyl (C=O) groups excluding carboxylic acids is 2. The second-order valence-electron chi connectivity index (χ2n) is 10.4. The van der Waals surface area contributed by atoms with E-state index in [0.29, 0.717) is 41.5 Å². The van der Waals surface area contributed by atoms with E-state index in [1.54, 1.807) is 21.7 Å². The lowest BCUT2D eigenvalue weighted by molar-refractivity contribution is 0.0944. The molecule has 2 aliphatic heterocycles. The maximum Gasteiger partial charge on any atom is 0.277 e. The molecule has 3 aromatic carbocycles. The van der Waals surface area contributed by atoms with E-state index in [4.69, 9.17) is 11.6 Å². The topological polar surface area (TPSA) is 70.5 Å². The molecule has 1 fully saturated rings. The van der Waals surface area contributed by atoms with Crippen LogP contribution in [-0.4, -0.2) is 46.1 Å². The number of piperidine rings is 1. The van der Waals surface area contributed by atoms with Crippen molar-refractivity contribution in [3.63, 3.8) is 0 Å². The lowest BCUT2D eigenvalue weighted by atomic mass is 10.0. The number of hydrogen-bond acceptors (Lipinski definition) is 4. The van der Waals surface area contributed by atoms with Gasteiger partial charge in [-0.2, -0.15) is 5.10 Å². The van der Waals surface area contributed by atoms with Gasteiger partial charge in [-0.25, -0.2) is 4.68 Å². The number of anilines is 1. The molecular formula is C32H32ClN5O2. The average Bonchev–Trinajstić information content (AvgIpc) is 3.38. The number of amides is 2. The van der Waals surface area contributed by atoms with Gasteiger partial charge in [-0.05, 0) is 73.8 Å². The molecule has 2 amide bonds. The molecule has 8 heteroatoms. The van der Waals surface area contributed by atoms with Gasteiger partial charge in [0.2, 0.25) is 0 Å². The van der Waals surface area contributed by atoms with Gasteiger partial charge in [-0.3, -0.25) is 14.5 Å². The Hall–Kier alpha value is -3.94. The van der Waals surface area contributed by atoms with E-state index in [9.17, 15) is 9.59 Å². The molecule has 1 aromatic heterocycles. The first kappa shape index (κ1) is 26.3. The molecule has 4 aromatic rings. The van der Waals surface area contributed by atoms with E-state index in [2.05, 4.69) is 27.4 Å². The molecule has 0 bridgehead atoms. The third-order valence-corrected chi connectivity index (χ3v) is 7.89. The lowest BCUT2D eigenvalue weighted by Gasteiger charge is -2.29. The summed E-state index contributed by atoms with van der Waals surface area (Å²) in [6.45, 7) is 3.96. The Morgan fingerprint density at radius 2 is 1.60 bits per heavy atom. The number of nitrogens with one attached hydrogen (secondary N) is 1. The van der Waals surface area contributed by atoms with Crippen molar-refractivity contribution in [2.24, 2.45) is 0 Å². The molecular weight excluding hydrogens is 522 g/mol. The van der Waals surface area contributed by atoms with Crippen molar-refractivity contribution in [1.82, 2.24) is 20.0 Å². The van der Waals surface area contributed by atoms with Crippen LogP contribution in [0.15, 0.2) is 78.9 Å². The zero-order chi connectivity index (χ0) is 27.5. The maximum absolute atomic E-state index is 14.1. The summed E-state index contributed by atoms with van der Waals surface area (Å²) in [5.41, 5.74) is 5.03. The van der Waals surface area contributed by atoms with Crippen LogP contribution in [0, 0.1) is 0 Å². The van der Waals surface area contributed by atoms with Crippen LogP contribution < -0.4 is 10.2 Å². The van der Waals surface area contributed by atoms with E-state index in [0.717, 1.165) is 30.9 Å². The number of carbonyl (C=O) groups is 2. The largest absolute Gasteiger partial charge is 0.347 e. The SMILES string of the molecule is O=C(NCc1ccccc1)c1nn(-c2cccc(Cl)c2)c2c1CCN(c1cccc(CN3CCCCC3)c1)C2=O. The lowest BCUT2D eigenvalue weighted by Crippen LogP contribution is -2.39. The van der Waals surface area contributed by atoms with E-state index in [1.165, 1.54) is 24.8 Å². The van der Waals surface area contributed by atoms with Crippen LogP contribution in [0.2, 0.25) is 5.02 Å². The van der Waals surface area contributed by atoms with Crippen LogP contribution in [0.4, 0.5) is 5.69 Å². The maximum atomic E-state index is 14.1. The summed E-state index contributed by atoms with van der Waals surface area (Å²) < 4.78 is 1.57. The highest BCUT2D eigenvalue weighted by Crippen LogP contribution is 2.30. The highest BCUT2D eigenvalue weighted by Gasteiger charge is 2.35. The van der Waals surface area contributed by atoms with Gasteiger partial charge in [0.1, 0.15) is 5.69 Å². The van der Waals surface area contributed by atoms with E-state index >= 15 is 0 Å². The summed E-state index contributed by atoms with van der Waals surface area (Å²) in [6.07, 6.45) is 4.30. The van der Waals surface area contributed by atoms with Gasteiger partial charge < -0.3 is 10.2 Å². The van der Waals surface area contributed by atoms with Crippen LogP contribution in [0.5, 0.6) is 0 Å². The molecule has 1 N–H and O–H groups in total. The first-order chi connectivity index (χ1) is 19.6. The molecule has 40 heavy (non-hydrogen) atoms. The second kappa shape index (κ2) is 11.7. The monoisotopic (exact) mass is 553 g/mol. The first-order valence-corrected chi connectivity index (χ1v) is 14.3. The predicted octanol–water partition coefficient (Wildman–Crippen LogP) is 5.64. The zero-order valence-corrected chi connectivity index (χ0v) is 23.1. The van der Waals surface area contributed by atoms with Crippen LogP contribution in [-0.2, 0) is 19.5 Å². The van der Waals surface area contributed by atoms with Crippen molar-refractivity contribution in [2.45, 2.75) is 38.8 Å². The molecule has 7 nitrogen and oxygen atoms in total. The number of benzene rings is 3.